The second-order valence-corrected chi connectivity index (χ2v) is 12.5. The minimum absolute atomic E-state index is 1.12. The van der Waals surface area contributed by atoms with Crippen LogP contribution in [0.3, 0.4) is 0 Å². The quantitative estimate of drug-likeness (QED) is 0.193. The van der Waals surface area contributed by atoms with E-state index in [1.807, 2.05) is 11.3 Å². The molecule has 0 fully saturated rings. The number of hydrogen-bond donors (Lipinski definition) is 0. The molecular weight excluding hydrogens is 565 g/mol. The molecule has 0 unspecified atom stereocenters. The van der Waals surface area contributed by atoms with E-state index in [2.05, 4.69) is 179 Å². The van der Waals surface area contributed by atoms with Crippen LogP contribution < -0.4 is 4.90 Å². The number of thiophene rings is 1. The SMILES string of the molecule is c1ccc(-c2cc(N(c3ccccc3)c3ccc4sc5ccccc5c4c3)c3c4ccccc4n(-c4ccccc4)c3c2)cc1. The average molecular weight is 593 g/mol. The maximum Gasteiger partial charge on any atom is 0.0568 e. The predicted molar refractivity (Wildman–Crippen MR) is 194 cm³/mol. The Kier molecular flexibility index (Phi) is 6.03. The van der Waals surface area contributed by atoms with E-state index in [9.17, 15) is 0 Å². The third-order valence-corrected chi connectivity index (χ3v) is 9.90. The van der Waals surface area contributed by atoms with Crippen LogP contribution in [0.15, 0.2) is 170 Å². The van der Waals surface area contributed by atoms with E-state index in [4.69, 9.17) is 0 Å². The van der Waals surface area contributed by atoms with Gasteiger partial charge < -0.3 is 9.47 Å². The third kappa shape index (κ3) is 4.24. The Morgan fingerprint density at radius 3 is 1.87 bits per heavy atom. The van der Waals surface area contributed by atoms with E-state index in [1.165, 1.54) is 53.1 Å². The molecule has 0 saturated heterocycles. The number of nitrogens with zero attached hydrogens (tertiary/aromatic N) is 2. The van der Waals surface area contributed by atoms with Gasteiger partial charge in [0.25, 0.3) is 0 Å². The van der Waals surface area contributed by atoms with Gasteiger partial charge in [0.05, 0.1) is 16.7 Å². The monoisotopic (exact) mass is 592 g/mol. The number of benzene rings is 7. The summed E-state index contributed by atoms with van der Waals surface area (Å²) in [6, 6.07) is 61.5. The molecule has 0 saturated carbocycles. The zero-order valence-electron chi connectivity index (χ0n) is 24.5. The molecule has 9 aromatic rings. The van der Waals surface area contributed by atoms with E-state index < -0.39 is 0 Å². The second kappa shape index (κ2) is 10.5. The van der Waals surface area contributed by atoms with E-state index in [0.717, 1.165) is 22.7 Å². The summed E-state index contributed by atoms with van der Waals surface area (Å²) in [4.78, 5) is 2.45. The summed E-state index contributed by atoms with van der Waals surface area (Å²) in [5, 5.41) is 5.05. The molecule has 9 rings (SSSR count). The molecule has 0 aliphatic heterocycles. The van der Waals surface area contributed by atoms with Crippen LogP contribution in [0.1, 0.15) is 0 Å². The van der Waals surface area contributed by atoms with Crippen molar-refractivity contribution in [3.05, 3.63) is 170 Å². The lowest BCUT2D eigenvalue weighted by Crippen LogP contribution is -2.10. The summed E-state index contributed by atoms with van der Waals surface area (Å²) < 4.78 is 5.03. The summed E-state index contributed by atoms with van der Waals surface area (Å²) in [5.74, 6) is 0. The van der Waals surface area contributed by atoms with Gasteiger partial charge in [-0.25, -0.2) is 0 Å². The summed E-state index contributed by atoms with van der Waals surface area (Å²) >= 11 is 1.86. The van der Waals surface area contributed by atoms with E-state index in [1.54, 1.807) is 0 Å². The standard InChI is InChI=1S/C42H28N2S/c1-4-14-29(15-5-1)30-26-38(42-35-21-10-12-22-37(35)44(39(42)27-30)32-18-8-3-9-19-32)43(31-16-6-2-7-17-31)33-24-25-41-36(28-33)34-20-11-13-23-40(34)45-41/h1-28H. The highest BCUT2D eigenvalue weighted by atomic mass is 32.1. The van der Waals surface area contributed by atoms with Gasteiger partial charge in [-0.1, -0.05) is 103 Å². The van der Waals surface area contributed by atoms with Crippen molar-refractivity contribution in [2.24, 2.45) is 0 Å². The number of para-hydroxylation sites is 3. The van der Waals surface area contributed by atoms with Gasteiger partial charge in [-0.3, -0.25) is 0 Å². The molecule has 0 aliphatic rings. The largest absolute Gasteiger partial charge is 0.310 e. The lowest BCUT2D eigenvalue weighted by molar-refractivity contribution is 1.18. The van der Waals surface area contributed by atoms with Crippen molar-refractivity contribution in [3.63, 3.8) is 0 Å². The van der Waals surface area contributed by atoms with E-state index in [0.29, 0.717) is 0 Å². The maximum atomic E-state index is 2.45. The summed E-state index contributed by atoms with van der Waals surface area (Å²) in [6.07, 6.45) is 0. The molecule has 7 aromatic carbocycles. The number of hydrogen-bond acceptors (Lipinski definition) is 2. The molecule has 0 spiro atoms. The third-order valence-electron chi connectivity index (χ3n) is 8.75. The smallest absolute Gasteiger partial charge is 0.0568 e. The molecule has 0 N–H and O–H groups in total. The van der Waals surface area contributed by atoms with Crippen LogP contribution in [0.2, 0.25) is 0 Å². The Morgan fingerprint density at radius 1 is 0.422 bits per heavy atom. The Hall–Kier alpha value is -5.64. The lowest BCUT2D eigenvalue weighted by Gasteiger charge is -2.27. The summed E-state index contributed by atoms with van der Waals surface area (Å²) in [5.41, 5.74) is 9.32. The first-order valence-corrected chi connectivity index (χ1v) is 16.1. The first kappa shape index (κ1) is 25.8. The Labute approximate surface area is 265 Å². The van der Waals surface area contributed by atoms with Crippen LogP contribution in [0.5, 0.6) is 0 Å². The topological polar surface area (TPSA) is 8.17 Å². The predicted octanol–water partition coefficient (Wildman–Crippen LogP) is 12.3. The minimum Gasteiger partial charge on any atom is -0.310 e. The van der Waals surface area contributed by atoms with Gasteiger partial charge in [0.1, 0.15) is 0 Å². The fourth-order valence-corrected chi connectivity index (χ4v) is 7.85. The van der Waals surface area contributed by atoms with Crippen LogP contribution in [-0.4, -0.2) is 4.57 Å². The van der Waals surface area contributed by atoms with Crippen molar-refractivity contribution in [1.82, 2.24) is 4.57 Å². The van der Waals surface area contributed by atoms with Gasteiger partial charge in [0, 0.05) is 48.0 Å². The molecule has 0 radical (unpaired) electrons. The molecule has 0 bridgehead atoms. The zero-order chi connectivity index (χ0) is 29.7. The molecule has 2 nitrogen and oxygen atoms in total. The molecule has 212 valence electrons. The van der Waals surface area contributed by atoms with Gasteiger partial charge in [-0.15, -0.1) is 11.3 Å². The Balaban J connectivity index is 1.42. The summed E-state index contributed by atoms with van der Waals surface area (Å²) in [7, 11) is 0. The van der Waals surface area contributed by atoms with Crippen LogP contribution in [-0.2, 0) is 0 Å². The van der Waals surface area contributed by atoms with Gasteiger partial charge in [0.15, 0.2) is 0 Å². The molecular formula is C42H28N2S. The maximum absolute atomic E-state index is 2.45. The fourth-order valence-electron chi connectivity index (χ4n) is 6.76. The zero-order valence-corrected chi connectivity index (χ0v) is 25.3. The molecule has 0 atom stereocenters. The van der Waals surface area contributed by atoms with Crippen molar-refractivity contribution >= 4 is 70.4 Å². The Morgan fingerprint density at radius 2 is 1.07 bits per heavy atom. The second-order valence-electron chi connectivity index (χ2n) is 11.4. The number of fused-ring (bicyclic) bond motifs is 6. The molecule has 45 heavy (non-hydrogen) atoms. The molecule has 0 amide bonds. The molecule has 2 heterocycles. The van der Waals surface area contributed by atoms with Crippen molar-refractivity contribution in [3.8, 4) is 16.8 Å². The van der Waals surface area contributed by atoms with Crippen molar-refractivity contribution in [2.75, 3.05) is 4.90 Å². The molecule has 3 heteroatoms. The van der Waals surface area contributed by atoms with Crippen molar-refractivity contribution in [1.29, 1.82) is 0 Å². The molecule has 0 aliphatic carbocycles. The fraction of sp³-hybridized carbons (Fsp3) is 0. The first-order chi connectivity index (χ1) is 22.3. The highest BCUT2D eigenvalue weighted by Gasteiger charge is 2.23. The van der Waals surface area contributed by atoms with Crippen LogP contribution in [0.4, 0.5) is 17.1 Å². The minimum atomic E-state index is 1.12. The van der Waals surface area contributed by atoms with Crippen LogP contribution in [0.25, 0.3) is 58.8 Å². The Bertz CT molecular complexity index is 2470. The van der Waals surface area contributed by atoms with Gasteiger partial charge in [-0.05, 0) is 77.9 Å². The van der Waals surface area contributed by atoms with E-state index >= 15 is 0 Å². The molecule has 2 aromatic heterocycles. The van der Waals surface area contributed by atoms with Crippen molar-refractivity contribution in [2.45, 2.75) is 0 Å². The van der Waals surface area contributed by atoms with Crippen LogP contribution >= 0.6 is 11.3 Å². The van der Waals surface area contributed by atoms with E-state index in [-0.39, 0.29) is 0 Å². The normalized spacial score (nSPS) is 11.6. The number of rotatable bonds is 5. The number of anilines is 3. The first-order valence-electron chi connectivity index (χ1n) is 15.3. The highest BCUT2D eigenvalue weighted by Crippen LogP contribution is 2.47. The lowest BCUT2D eigenvalue weighted by atomic mass is 10.00. The van der Waals surface area contributed by atoms with Crippen LogP contribution in [0, 0.1) is 0 Å². The summed E-state index contributed by atoms with van der Waals surface area (Å²) in [6.45, 7) is 0. The highest BCUT2D eigenvalue weighted by molar-refractivity contribution is 7.25. The van der Waals surface area contributed by atoms with Gasteiger partial charge in [0.2, 0.25) is 0 Å². The number of aromatic nitrogens is 1. The van der Waals surface area contributed by atoms with Gasteiger partial charge in [-0.2, -0.15) is 0 Å². The van der Waals surface area contributed by atoms with Crippen molar-refractivity contribution < 1.29 is 0 Å². The van der Waals surface area contributed by atoms with Gasteiger partial charge >= 0.3 is 0 Å². The average Bonchev–Trinajstić information content (AvgIpc) is 3.65.